The van der Waals surface area contributed by atoms with E-state index in [9.17, 15) is 4.79 Å². The molecule has 5 nitrogen and oxygen atoms in total. The van der Waals surface area contributed by atoms with Crippen molar-refractivity contribution in [2.75, 3.05) is 26.8 Å². The Labute approximate surface area is 117 Å². The van der Waals surface area contributed by atoms with Crippen LogP contribution in [0.25, 0.3) is 0 Å². The van der Waals surface area contributed by atoms with Crippen LogP contribution >= 0.6 is 11.3 Å². The molecule has 1 amide bonds. The number of likely N-dealkylation sites (N-methyl/N-ethyl adjacent to an activating group) is 1. The van der Waals surface area contributed by atoms with Gasteiger partial charge in [0.15, 0.2) is 0 Å². The first-order valence-electron chi connectivity index (χ1n) is 6.62. The molecule has 2 rings (SSSR count). The van der Waals surface area contributed by atoms with Crippen molar-refractivity contribution in [3.63, 3.8) is 0 Å². The molecule has 1 aliphatic carbocycles. The van der Waals surface area contributed by atoms with Crippen LogP contribution in [0.3, 0.4) is 0 Å². The Morgan fingerprint density at radius 2 is 2.42 bits per heavy atom. The first-order valence-corrected chi connectivity index (χ1v) is 7.50. The molecule has 19 heavy (non-hydrogen) atoms. The van der Waals surface area contributed by atoms with Gasteiger partial charge in [-0.05, 0) is 25.7 Å². The Balaban J connectivity index is 1.76. The van der Waals surface area contributed by atoms with E-state index >= 15 is 0 Å². The zero-order chi connectivity index (χ0) is 13.8. The van der Waals surface area contributed by atoms with E-state index in [0.29, 0.717) is 18.8 Å². The number of nitrogens with zero attached hydrogens (tertiary/aromatic N) is 2. The molecule has 2 N–H and O–H groups in total. The minimum Gasteiger partial charge on any atom is -0.379 e. The minimum absolute atomic E-state index is 0.0711. The van der Waals surface area contributed by atoms with Gasteiger partial charge in [0.2, 0.25) is 0 Å². The highest BCUT2D eigenvalue weighted by Gasteiger charge is 2.21. The smallest absolute Gasteiger partial charge is 0.273 e. The van der Waals surface area contributed by atoms with Crippen molar-refractivity contribution < 1.29 is 9.53 Å². The monoisotopic (exact) mass is 283 g/mol. The number of hydrogen-bond acceptors (Lipinski definition) is 5. The molecule has 0 radical (unpaired) electrons. The number of nitrogens with two attached hydrogens (primary N) is 1. The van der Waals surface area contributed by atoms with E-state index in [0.717, 1.165) is 17.5 Å². The third kappa shape index (κ3) is 4.26. The van der Waals surface area contributed by atoms with Gasteiger partial charge in [0.25, 0.3) is 5.91 Å². The summed E-state index contributed by atoms with van der Waals surface area (Å²) in [6.07, 6.45) is 2.57. The van der Waals surface area contributed by atoms with Crippen molar-refractivity contribution >= 4 is 17.2 Å². The quantitative estimate of drug-likeness (QED) is 0.773. The fourth-order valence-corrected chi connectivity index (χ4v) is 2.38. The Morgan fingerprint density at radius 3 is 3.00 bits per heavy atom. The molecule has 1 aromatic rings. The lowest BCUT2D eigenvalue weighted by molar-refractivity contribution is 0.0676. The maximum Gasteiger partial charge on any atom is 0.273 e. The predicted molar refractivity (Wildman–Crippen MR) is 75.2 cm³/mol. The summed E-state index contributed by atoms with van der Waals surface area (Å²) in [7, 11) is 1.77. The van der Waals surface area contributed by atoms with Crippen LogP contribution in [0.1, 0.15) is 41.3 Å². The lowest BCUT2D eigenvalue weighted by Gasteiger charge is -2.15. The summed E-state index contributed by atoms with van der Waals surface area (Å²) in [4.78, 5) is 18.0. The summed E-state index contributed by atoms with van der Waals surface area (Å²) in [5.74, 6) is 0.686. The molecule has 1 aliphatic rings. The van der Waals surface area contributed by atoms with E-state index in [4.69, 9.17) is 10.5 Å². The highest BCUT2D eigenvalue weighted by molar-refractivity contribution is 7.09. The lowest BCUT2D eigenvalue weighted by atomic mass is 10.3. The number of thiazole rings is 1. The topological polar surface area (TPSA) is 68.5 Å². The molecule has 1 heterocycles. The number of carbonyl (C=O) groups is 1. The van der Waals surface area contributed by atoms with E-state index in [2.05, 4.69) is 4.98 Å². The molecule has 6 heteroatoms. The number of hydrogen-bond donors (Lipinski definition) is 1. The van der Waals surface area contributed by atoms with E-state index in [1.807, 2.05) is 6.92 Å². The molecule has 1 fully saturated rings. The first kappa shape index (κ1) is 14.4. The van der Waals surface area contributed by atoms with Gasteiger partial charge in [0.05, 0.1) is 12.6 Å². The lowest BCUT2D eigenvalue weighted by Crippen LogP contribution is -2.30. The first-order chi connectivity index (χ1) is 9.08. The number of amides is 1. The number of rotatable bonds is 7. The van der Waals surface area contributed by atoms with E-state index in [-0.39, 0.29) is 11.9 Å². The molecule has 1 unspecified atom stereocenters. The SMILES string of the molecule is CC(N)c1nc(C(=O)N(C)CCOCC2CC2)cs1. The maximum atomic E-state index is 12.1. The fraction of sp³-hybridized carbons (Fsp3) is 0.692. The van der Waals surface area contributed by atoms with Crippen molar-refractivity contribution in [1.82, 2.24) is 9.88 Å². The average Bonchev–Trinajstić information content (AvgIpc) is 3.06. The molecule has 0 aromatic carbocycles. The highest BCUT2D eigenvalue weighted by atomic mass is 32.1. The zero-order valence-corrected chi connectivity index (χ0v) is 12.3. The molecular weight excluding hydrogens is 262 g/mol. The Bertz CT molecular complexity index is 429. The maximum absolute atomic E-state index is 12.1. The van der Waals surface area contributed by atoms with Gasteiger partial charge in [-0.25, -0.2) is 4.98 Å². The predicted octanol–water partition coefficient (Wildman–Crippen LogP) is 1.66. The van der Waals surface area contributed by atoms with Crippen LogP contribution in [0, 0.1) is 5.92 Å². The van der Waals surface area contributed by atoms with Crippen molar-refractivity contribution in [3.05, 3.63) is 16.1 Å². The summed E-state index contributed by atoms with van der Waals surface area (Å²) in [6.45, 7) is 3.87. The van der Waals surface area contributed by atoms with Crippen LogP contribution in [-0.4, -0.2) is 42.6 Å². The molecule has 0 saturated heterocycles. The highest BCUT2D eigenvalue weighted by Crippen LogP contribution is 2.28. The van der Waals surface area contributed by atoms with Gasteiger partial charge in [0, 0.05) is 25.6 Å². The zero-order valence-electron chi connectivity index (χ0n) is 11.5. The molecule has 1 atom stereocenters. The summed E-state index contributed by atoms with van der Waals surface area (Å²) in [5.41, 5.74) is 6.21. The van der Waals surface area contributed by atoms with Gasteiger partial charge in [-0.1, -0.05) is 0 Å². The molecule has 106 valence electrons. The van der Waals surface area contributed by atoms with Gasteiger partial charge in [-0.15, -0.1) is 11.3 Å². The fourth-order valence-electron chi connectivity index (χ4n) is 1.63. The van der Waals surface area contributed by atoms with Crippen molar-refractivity contribution in [2.45, 2.75) is 25.8 Å². The van der Waals surface area contributed by atoms with Gasteiger partial charge < -0.3 is 15.4 Å². The van der Waals surface area contributed by atoms with Crippen LogP contribution in [0.15, 0.2) is 5.38 Å². The Kier molecular flexibility index (Phi) is 4.90. The summed E-state index contributed by atoms with van der Waals surface area (Å²) in [6, 6.07) is -0.126. The second kappa shape index (κ2) is 6.45. The van der Waals surface area contributed by atoms with Crippen LogP contribution in [0.2, 0.25) is 0 Å². The standard InChI is InChI=1S/C13H21N3O2S/c1-9(14)12-15-11(8-19-12)13(17)16(2)5-6-18-7-10-3-4-10/h8-10H,3-7,14H2,1-2H3. The molecule has 0 aliphatic heterocycles. The van der Waals surface area contributed by atoms with E-state index in [1.54, 1.807) is 17.3 Å². The number of carbonyl (C=O) groups excluding carboxylic acids is 1. The van der Waals surface area contributed by atoms with Crippen LogP contribution in [0.4, 0.5) is 0 Å². The molecule has 1 saturated carbocycles. The largest absolute Gasteiger partial charge is 0.379 e. The van der Waals surface area contributed by atoms with Gasteiger partial charge in [-0.2, -0.15) is 0 Å². The second-order valence-corrected chi connectivity index (χ2v) is 5.99. The van der Waals surface area contributed by atoms with Gasteiger partial charge in [-0.3, -0.25) is 4.79 Å². The van der Waals surface area contributed by atoms with E-state index in [1.165, 1.54) is 24.2 Å². The van der Waals surface area contributed by atoms with Crippen LogP contribution in [-0.2, 0) is 4.74 Å². The third-order valence-corrected chi connectivity index (χ3v) is 4.14. The Hall–Kier alpha value is -0.980. The van der Waals surface area contributed by atoms with Crippen molar-refractivity contribution in [3.8, 4) is 0 Å². The Morgan fingerprint density at radius 1 is 1.68 bits per heavy atom. The van der Waals surface area contributed by atoms with Crippen LogP contribution < -0.4 is 5.73 Å². The molecular formula is C13H21N3O2S. The van der Waals surface area contributed by atoms with Crippen LogP contribution in [0.5, 0.6) is 0 Å². The summed E-state index contributed by atoms with van der Waals surface area (Å²) >= 11 is 1.43. The second-order valence-electron chi connectivity index (χ2n) is 5.10. The normalized spacial score (nSPS) is 16.4. The molecule has 0 bridgehead atoms. The van der Waals surface area contributed by atoms with Gasteiger partial charge >= 0.3 is 0 Å². The number of ether oxygens (including phenoxy) is 1. The van der Waals surface area contributed by atoms with Crippen molar-refractivity contribution in [2.24, 2.45) is 11.7 Å². The van der Waals surface area contributed by atoms with Crippen molar-refractivity contribution in [1.29, 1.82) is 0 Å². The van der Waals surface area contributed by atoms with Gasteiger partial charge in [0.1, 0.15) is 10.7 Å². The molecule has 0 spiro atoms. The minimum atomic E-state index is -0.126. The summed E-state index contributed by atoms with van der Waals surface area (Å²) in [5, 5.41) is 2.56. The van der Waals surface area contributed by atoms with E-state index < -0.39 is 0 Å². The average molecular weight is 283 g/mol. The molecule has 1 aromatic heterocycles. The third-order valence-electron chi connectivity index (χ3n) is 3.10. The number of aromatic nitrogens is 1. The summed E-state index contributed by atoms with van der Waals surface area (Å²) < 4.78 is 5.53.